The molecule has 0 radical (unpaired) electrons. The first-order chi connectivity index (χ1) is 11.6. The molecule has 3 N–H and O–H groups in total. The molecule has 2 aliphatic heterocycles. The summed E-state index contributed by atoms with van der Waals surface area (Å²) in [5, 5.41) is 10.4. The van der Waals surface area contributed by atoms with Crippen LogP contribution < -0.4 is 5.73 Å². The monoisotopic (exact) mass is 336 g/mol. The quantitative estimate of drug-likeness (QED) is 0.824. The SMILES string of the molecule is CCO[C@]1(C)O[C@@H]2[C@H](O1)[C@H](CO)O[C@@H]2n1ccc2c(N)ncnc21. The van der Waals surface area contributed by atoms with Crippen LogP contribution in [0, 0.1) is 0 Å². The van der Waals surface area contributed by atoms with E-state index in [9.17, 15) is 5.11 Å². The van der Waals surface area contributed by atoms with Crippen molar-refractivity contribution in [3.63, 3.8) is 0 Å². The third-order valence-electron chi connectivity index (χ3n) is 4.39. The van der Waals surface area contributed by atoms with Crippen LogP contribution in [0.4, 0.5) is 5.82 Å². The van der Waals surface area contributed by atoms with E-state index in [1.807, 2.05) is 23.8 Å². The standard InChI is InChI=1S/C15H20N4O5/c1-3-21-15(2)23-10-9(6-20)22-14(11(10)24-15)19-5-4-8-12(16)17-7-18-13(8)19/h4-5,7,9-11,14,20H,3,6H2,1-2H3,(H2,16,17,18)/t9-,10+,11+,14-,15-/m0/s1. The van der Waals surface area contributed by atoms with E-state index in [0.29, 0.717) is 18.1 Å². The van der Waals surface area contributed by atoms with Crippen LogP contribution in [0.5, 0.6) is 0 Å². The third kappa shape index (κ3) is 2.28. The lowest BCUT2D eigenvalue weighted by Gasteiger charge is -2.27. The molecule has 130 valence electrons. The van der Waals surface area contributed by atoms with Gasteiger partial charge in [0.15, 0.2) is 6.23 Å². The highest BCUT2D eigenvalue weighted by molar-refractivity contribution is 5.86. The van der Waals surface area contributed by atoms with Gasteiger partial charge >= 0.3 is 0 Å². The Balaban J connectivity index is 1.71. The van der Waals surface area contributed by atoms with Crippen LogP contribution in [0.25, 0.3) is 11.0 Å². The lowest BCUT2D eigenvalue weighted by molar-refractivity contribution is -0.344. The van der Waals surface area contributed by atoms with Gasteiger partial charge in [-0.15, -0.1) is 0 Å². The van der Waals surface area contributed by atoms with E-state index in [4.69, 9.17) is 24.7 Å². The molecule has 2 aliphatic rings. The van der Waals surface area contributed by atoms with Gasteiger partial charge < -0.3 is 34.4 Å². The molecule has 2 saturated heterocycles. The number of aromatic nitrogens is 3. The predicted molar refractivity (Wildman–Crippen MR) is 82.7 cm³/mol. The highest BCUT2D eigenvalue weighted by Gasteiger charge is 2.58. The smallest absolute Gasteiger partial charge is 0.280 e. The van der Waals surface area contributed by atoms with Gasteiger partial charge in [-0.25, -0.2) is 9.97 Å². The highest BCUT2D eigenvalue weighted by atomic mass is 16.9. The molecule has 2 aromatic heterocycles. The predicted octanol–water partition coefficient (Wildman–Crippen LogP) is 0.397. The Morgan fingerprint density at radius 1 is 1.38 bits per heavy atom. The highest BCUT2D eigenvalue weighted by Crippen LogP contribution is 2.44. The first-order valence-corrected chi connectivity index (χ1v) is 7.89. The Kier molecular flexibility index (Phi) is 3.70. The van der Waals surface area contributed by atoms with Crippen molar-refractivity contribution in [2.45, 2.75) is 44.4 Å². The topological polar surface area (TPSA) is 114 Å². The summed E-state index contributed by atoms with van der Waals surface area (Å²) < 4.78 is 25.2. The number of nitrogens with zero attached hydrogens (tertiary/aromatic N) is 3. The van der Waals surface area contributed by atoms with Crippen LogP contribution in [-0.4, -0.2) is 57.1 Å². The minimum Gasteiger partial charge on any atom is -0.394 e. The molecule has 9 nitrogen and oxygen atoms in total. The summed E-state index contributed by atoms with van der Waals surface area (Å²) in [5.74, 6) is -0.758. The van der Waals surface area contributed by atoms with E-state index < -0.39 is 30.5 Å². The molecule has 4 rings (SSSR count). The van der Waals surface area contributed by atoms with Crippen LogP contribution >= 0.6 is 0 Å². The van der Waals surface area contributed by atoms with Gasteiger partial charge in [0.1, 0.15) is 36.1 Å². The number of hydrogen-bond acceptors (Lipinski definition) is 8. The van der Waals surface area contributed by atoms with Gasteiger partial charge in [0.05, 0.1) is 12.0 Å². The van der Waals surface area contributed by atoms with Crippen LogP contribution in [0.2, 0.25) is 0 Å². The van der Waals surface area contributed by atoms with E-state index in [1.165, 1.54) is 6.33 Å². The molecule has 0 aromatic carbocycles. The average molecular weight is 336 g/mol. The second kappa shape index (κ2) is 5.64. The summed E-state index contributed by atoms with van der Waals surface area (Å²) in [7, 11) is 0. The van der Waals surface area contributed by atoms with E-state index >= 15 is 0 Å². The van der Waals surface area contributed by atoms with Crippen molar-refractivity contribution in [1.82, 2.24) is 14.5 Å². The van der Waals surface area contributed by atoms with E-state index in [-0.39, 0.29) is 6.61 Å². The summed E-state index contributed by atoms with van der Waals surface area (Å²) in [6.45, 7) is 3.85. The normalized spacial score (nSPS) is 35.6. The molecular formula is C15H20N4O5. The molecular weight excluding hydrogens is 316 g/mol. The van der Waals surface area contributed by atoms with Gasteiger partial charge in [0.25, 0.3) is 5.97 Å². The molecule has 0 saturated carbocycles. The fraction of sp³-hybridized carbons (Fsp3) is 0.600. The van der Waals surface area contributed by atoms with Gasteiger partial charge in [-0.3, -0.25) is 0 Å². The number of aliphatic hydroxyl groups is 1. The van der Waals surface area contributed by atoms with Crippen molar-refractivity contribution in [3.05, 3.63) is 18.6 Å². The zero-order chi connectivity index (χ0) is 16.9. The zero-order valence-electron chi connectivity index (χ0n) is 13.5. The number of anilines is 1. The molecule has 0 spiro atoms. The lowest BCUT2D eigenvalue weighted by atomic mass is 10.1. The van der Waals surface area contributed by atoms with Crippen molar-refractivity contribution in [3.8, 4) is 0 Å². The van der Waals surface area contributed by atoms with Crippen LogP contribution in [-0.2, 0) is 18.9 Å². The van der Waals surface area contributed by atoms with E-state index in [2.05, 4.69) is 9.97 Å². The molecule has 9 heteroatoms. The number of nitrogens with two attached hydrogens (primary N) is 1. The van der Waals surface area contributed by atoms with Crippen molar-refractivity contribution < 1.29 is 24.1 Å². The first-order valence-electron chi connectivity index (χ1n) is 7.89. The number of hydrogen-bond donors (Lipinski definition) is 2. The van der Waals surface area contributed by atoms with Gasteiger partial charge in [0.2, 0.25) is 0 Å². The van der Waals surface area contributed by atoms with Gasteiger partial charge in [0, 0.05) is 19.7 Å². The molecule has 2 fully saturated rings. The number of fused-ring (bicyclic) bond motifs is 2. The van der Waals surface area contributed by atoms with Gasteiger partial charge in [-0.05, 0) is 13.0 Å². The van der Waals surface area contributed by atoms with Gasteiger partial charge in [-0.2, -0.15) is 0 Å². The average Bonchev–Trinajstić information content (AvgIpc) is 3.19. The summed E-state index contributed by atoms with van der Waals surface area (Å²) in [6.07, 6.45) is 1.32. The molecule has 0 bridgehead atoms. The second-order valence-electron chi connectivity index (χ2n) is 5.93. The zero-order valence-corrected chi connectivity index (χ0v) is 13.5. The Morgan fingerprint density at radius 3 is 2.92 bits per heavy atom. The number of ether oxygens (including phenoxy) is 4. The number of nitrogen functional groups attached to an aromatic ring is 1. The molecule has 4 heterocycles. The van der Waals surface area contributed by atoms with Crippen LogP contribution in [0.3, 0.4) is 0 Å². The molecule has 2 aromatic rings. The molecule has 5 atom stereocenters. The Bertz CT molecular complexity index is 753. The Hall–Kier alpha value is -1.78. The number of rotatable bonds is 4. The molecule has 0 amide bonds. The fourth-order valence-electron chi connectivity index (χ4n) is 3.40. The Labute approximate surface area is 138 Å². The van der Waals surface area contributed by atoms with E-state index in [1.54, 1.807) is 6.92 Å². The first kappa shape index (κ1) is 15.7. The maximum Gasteiger partial charge on any atom is 0.280 e. The summed E-state index contributed by atoms with van der Waals surface area (Å²) >= 11 is 0. The Morgan fingerprint density at radius 2 is 2.17 bits per heavy atom. The minimum absolute atomic E-state index is 0.181. The van der Waals surface area contributed by atoms with Crippen molar-refractivity contribution in [2.24, 2.45) is 0 Å². The molecule has 0 unspecified atom stereocenters. The maximum atomic E-state index is 9.63. The fourth-order valence-corrected chi connectivity index (χ4v) is 3.40. The largest absolute Gasteiger partial charge is 0.394 e. The lowest BCUT2D eigenvalue weighted by Crippen LogP contribution is -2.35. The minimum atomic E-state index is -1.16. The van der Waals surface area contributed by atoms with Crippen LogP contribution in [0.1, 0.15) is 20.1 Å². The maximum absolute atomic E-state index is 9.63. The van der Waals surface area contributed by atoms with Crippen LogP contribution in [0.15, 0.2) is 18.6 Å². The van der Waals surface area contributed by atoms with Gasteiger partial charge in [-0.1, -0.05) is 0 Å². The van der Waals surface area contributed by atoms with Crippen molar-refractivity contribution in [2.75, 3.05) is 18.9 Å². The molecule has 24 heavy (non-hydrogen) atoms. The molecule has 0 aliphatic carbocycles. The van der Waals surface area contributed by atoms with Crippen molar-refractivity contribution >= 4 is 16.9 Å². The summed E-state index contributed by atoms with van der Waals surface area (Å²) in [4.78, 5) is 8.27. The second-order valence-corrected chi connectivity index (χ2v) is 5.93. The van der Waals surface area contributed by atoms with Crippen molar-refractivity contribution in [1.29, 1.82) is 0 Å². The number of aliphatic hydroxyl groups excluding tert-OH is 1. The summed E-state index contributed by atoms with van der Waals surface area (Å²) in [6, 6.07) is 1.83. The summed E-state index contributed by atoms with van der Waals surface area (Å²) in [5.41, 5.74) is 6.53. The third-order valence-corrected chi connectivity index (χ3v) is 4.39. The van der Waals surface area contributed by atoms with E-state index in [0.717, 1.165) is 5.39 Å².